The van der Waals surface area contributed by atoms with Gasteiger partial charge in [0.2, 0.25) is 11.8 Å². The molecule has 3 amide bonds. The van der Waals surface area contributed by atoms with Crippen LogP contribution in [-0.2, 0) is 32.6 Å². The summed E-state index contributed by atoms with van der Waals surface area (Å²) in [5.41, 5.74) is 1.48. The second kappa shape index (κ2) is 11.4. The zero-order valence-corrected chi connectivity index (χ0v) is 22.6. The Morgan fingerprint density at radius 3 is 2.26 bits per heavy atom. The maximum absolute atomic E-state index is 13.8. The van der Waals surface area contributed by atoms with Crippen molar-refractivity contribution >= 4 is 39.3 Å². The maximum atomic E-state index is 13.8. The Morgan fingerprint density at radius 2 is 1.61 bits per heavy atom. The Hall–Kier alpha value is -3.69. The third-order valence-electron chi connectivity index (χ3n) is 6.13. The first-order chi connectivity index (χ1) is 18.1. The molecule has 38 heavy (non-hydrogen) atoms. The number of sulfonamides is 1. The molecule has 0 aliphatic carbocycles. The quantitative estimate of drug-likeness (QED) is 0.435. The van der Waals surface area contributed by atoms with E-state index in [0.717, 1.165) is 5.56 Å². The van der Waals surface area contributed by atoms with E-state index < -0.39 is 40.3 Å². The van der Waals surface area contributed by atoms with Crippen LogP contribution >= 0.6 is 11.6 Å². The monoisotopic (exact) mass is 553 g/mol. The van der Waals surface area contributed by atoms with Crippen molar-refractivity contribution < 1.29 is 22.8 Å². The lowest BCUT2D eigenvalue weighted by molar-refractivity contribution is -0.141. The van der Waals surface area contributed by atoms with Gasteiger partial charge in [-0.05, 0) is 49.2 Å². The largest absolute Gasteiger partial charge is 0.352 e. The van der Waals surface area contributed by atoms with Crippen molar-refractivity contribution in [3.63, 3.8) is 0 Å². The van der Waals surface area contributed by atoms with Crippen LogP contribution in [0.25, 0.3) is 0 Å². The molecule has 0 saturated carbocycles. The lowest BCUT2D eigenvalue weighted by atomic mass is 10.0. The lowest BCUT2D eigenvalue weighted by Crippen LogP contribution is -2.54. The number of rotatable bonds is 9. The number of nitrogens with zero attached hydrogens (tertiary/aromatic N) is 2. The normalized spacial score (nSPS) is 14.7. The number of hydrogen-bond donors (Lipinski definition) is 1. The summed E-state index contributed by atoms with van der Waals surface area (Å²) >= 11 is 6.18. The highest BCUT2D eigenvalue weighted by molar-refractivity contribution is 7.90. The van der Waals surface area contributed by atoms with Gasteiger partial charge in [-0.2, -0.15) is 0 Å². The van der Waals surface area contributed by atoms with Gasteiger partial charge in [0.15, 0.2) is 0 Å². The van der Waals surface area contributed by atoms with Gasteiger partial charge < -0.3 is 10.2 Å². The third kappa shape index (κ3) is 5.89. The van der Waals surface area contributed by atoms with E-state index in [1.165, 1.54) is 23.1 Å². The van der Waals surface area contributed by atoms with Crippen LogP contribution < -0.4 is 5.32 Å². The lowest BCUT2D eigenvalue weighted by Gasteiger charge is -2.33. The molecule has 0 radical (unpaired) electrons. The van der Waals surface area contributed by atoms with Gasteiger partial charge in [-0.1, -0.05) is 66.2 Å². The van der Waals surface area contributed by atoms with Crippen LogP contribution in [0, 0.1) is 0 Å². The molecule has 8 nitrogen and oxygen atoms in total. The van der Waals surface area contributed by atoms with Crippen LogP contribution in [-0.4, -0.2) is 54.0 Å². The summed E-state index contributed by atoms with van der Waals surface area (Å²) in [6.07, 6.45) is 0.187. The minimum absolute atomic E-state index is 0.0140. The zero-order chi connectivity index (χ0) is 27.4. The fraction of sp³-hybridized carbons (Fsp3) is 0.250. The summed E-state index contributed by atoms with van der Waals surface area (Å²) in [5.74, 6) is -1.85. The summed E-state index contributed by atoms with van der Waals surface area (Å²) in [5, 5.41) is 3.32. The maximum Gasteiger partial charge on any atom is 0.269 e. The molecule has 10 heteroatoms. The van der Waals surface area contributed by atoms with E-state index in [1.54, 1.807) is 30.3 Å². The third-order valence-corrected chi connectivity index (χ3v) is 8.16. The van der Waals surface area contributed by atoms with Gasteiger partial charge in [-0.15, -0.1) is 0 Å². The number of hydrogen-bond acceptors (Lipinski definition) is 5. The molecule has 4 rings (SSSR count). The number of halogens is 1. The van der Waals surface area contributed by atoms with Crippen molar-refractivity contribution in [1.29, 1.82) is 0 Å². The molecule has 0 saturated heterocycles. The Kier molecular flexibility index (Phi) is 8.18. The van der Waals surface area contributed by atoms with Crippen LogP contribution in [0.15, 0.2) is 83.8 Å². The van der Waals surface area contributed by atoms with Gasteiger partial charge in [0.25, 0.3) is 15.9 Å². The second-order valence-electron chi connectivity index (χ2n) is 9.33. The molecule has 1 aliphatic rings. The highest BCUT2D eigenvalue weighted by Gasteiger charge is 2.43. The number of carbonyl (C=O) groups excluding carboxylic acids is 3. The van der Waals surface area contributed by atoms with Crippen LogP contribution in [0.3, 0.4) is 0 Å². The van der Waals surface area contributed by atoms with Crippen LogP contribution in [0.1, 0.15) is 35.3 Å². The van der Waals surface area contributed by atoms with Gasteiger partial charge in [-0.3, -0.25) is 14.4 Å². The van der Waals surface area contributed by atoms with Crippen LogP contribution in [0.4, 0.5) is 0 Å². The first-order valence-corrected chi connectivity index (χ1v) is 13.9. The Bertz CT molecular complexity index is 1460. The summed E-state index contributed by atoms with van der Waals surface area (Å²) in [7, 11) is -4.21. The molecule has 0 bridgehead atoms. The molecule has 1 aliphatic heterocycles. The van der Waals surface area contributed by atoms with E-state index in [0.29, 0.717) is 14.9 Å². The summed E-state index contributed by atoms with van der Waals surface area (Å²) in [6, 6.07) is 20.7. The van der Waals surface area contributed by atoms with E-state index in [-0.39, 0.29) is 29.5 Å². The SMILES string of the molecule is CC(C)NC(=O)C(Cc1ccccc1)N(Cc1cccc(Cl)c1)C(=O)CN1C(=O)c2ccccc2S1(=O)=O. The van der Waals surface area contributed by atoms with Crippen molar-refractivity contribution in [2.24, 2.45) is 0 Å². The van der Waals surface area contributed by atoms with E-state index in [4.69, 9.17) is 11.6 Å². The predicted molar refractivity (Wildman–Crippen MR) is 144 cm³/mol. The van der Waals surface area contributed by atoms with Crippen molar-refractivity contribution in [1.82, 2.24) is 14.5 Å². The summed E-state index contributed by atoms with van der Waals surface area (Å²) in [6.45, 7) is 2.87. The van der Waals surface area contributed by atoms with E-state index in [1.807, 2.05) is 44.2 Å². The van der Waals surface area contributed by atoms with Crippen LogP contribution in [0.2, 0.25) is 5.02 Å². The molecule has 3 aromatic carbocycles. The first-order valence-electron chi connectivity index (χ1n) is 12.1. The van der Waals surface area contributed by atoms with E-state index >= 15 is 0 Å². The number of benzene rings is 3. The topological polar surface area (TPSA) is 104 Å². The molecule has 0 fully saturated rings. The highest BCUT2D eigenvalue weighted by Crippen LogP contribution is 2.30. The Morgan fingerprint density at radius 1 is 0.947 bits per heavy atom. The fourth-order valence-corrected chi connectivity index (χ4v) is 6.10. The molecule has 1 unspecified atom stereocenters. The van der Waals surface area contributed by atoms with Gasteiger partial charge in [0.05, 0.1) is 5.56 Å². The predicted octanol–water partition coefficient (Wildman–Crippen LogP) is 3.65. The van der Waals surface area contributed by atoms with Crippen molar-refractivity contribution in [2.75, 3.05) is 6.54 Å². The van der Waals surface area contributed by atoms with Crippen molar-refractivity contribution in [2.45, 2.75) is 43.8 Å². The minimum atomic E-state index is -4.21. The molecule has 3 aromatic rings. The molecular weight excluding hydrogens is 526 g/mol. The number of amides is 3. The average Bonchev–Trinajstić information content (AvgIpc) is 3.07. The zero-order valence-electron chi connectivity index (χ0n) is 21.0. The summed E-state index contributed by atoms with van der Waals surface area (Å²) < 4.78 is 26.8. The molecule has 0 aromatic heterocycles. The van der Waals surface area contributed by atoms with Gasteiger partial charge >= 0.3 is 0 Å². The summed E-state index contributed by atoms with van der Waals surface area (Å²) in [4.78, 5) is 41.5. The standard InChI is InChI=1S/C28H28ClN3O5S/c1-19(2)30-27(34)24(16-20-9-4-3-5-10-20)31(17-21-11-8-12-22(29)15-21)26(33)18-32-28(35)23-13-6-7-14-25(23)38(32,36)37/h3-15,19,24H,16-18H2,1-2H3,(H,30,34). The average molecular weight is 554 g/mol. The minimum Gasteiger partial charge on any atom is -0.352 e. The molecule has 1 N–H and O–H groups in total. The van der Waals surface area contributed by atoms with E-state index in [2.05, 4.69) is 5.32 Å². The van der Waals surface area contributed by atoms with Gasteiger partial charge in [0.1, 0.15) is 17.5 Å². The molecule has 0 spiro atoms. The smallest absolute Gasteiger partial charge is 0.269 e. The molecule has 1 atom stereocenters. The van der Waals surface area contributed by atoms with Gasteiger partial charge in [0, 0.05) is 24.0 Å². The fourth-order valence-electron chi connectivity index (χ4n) is 4.37. The Labute approximate surface area is 227 Å². The number of nitrogens with one attached hydrogen (secondary N) is 1. The van der Waals surface area contributed by atoms with E-state index in [9.17, 15) is 22.8 Å². The Balaban J connectivity index is 1.72. The highest BCUT2D eigenvalue weighted by atomic mass is 35.5. The van der Waals surface area contributed by atoms with Crippen LogP contribution in [0.5, 0.6) is 0 Å². The molecule has 1 heterocycles. The molecule has 198 valence electrons. The number of carbonyl (C=O) groups is 3. The molecular formula is C28H28ClN3O5S. The first kappa shape index (κ1) is 27.3. The second-order valence-corrected chi connectivity index (χ2v) is 11.6. The van der Waals surface area contributed by atoms with Crippen molar-refractivity contribution in [3.05, 3.63) is 101 Å². The van der Waals surface area contributed by atoms with Gasteiger partial charge in [-0.25, -0.2) is 12.7 Å². The number of fused-ring (bicyclic) bond motifs is 1. The van der Waals surface area contributed by atoms with Crippen molar-refractivity contribution in [3.8, 4) is 0 Å².